The quantitative estimate of drug-likeness (QED) is 0.714. The summed E-state index contributed by atoms with van der Waals surface area (Å²) in [5.41, 5.74) is 0. The van der Waals surface area contributed by atoms with Crippen LogP contribution in [0.3, 0.4) is 0 Å². The lowest BCUT2D eigenvalue weighted by Crippen LogP contribution is -2.42. The van der Waals surface area contributed by atoms with Crippen molar-refractivity contribution >= 4 is 12.0 Å². The standard InChI is InChI=1S/C14H24N2O4/c17-13(18)10-4-5-11(9-10)16-14(19)15-7-6-12-3-1-2-8-20-12/h10-12H,1-9H2,(H,17,18)(H2,15,16,19). The van der Waals surface area contributed by atoms with Gasteiger partial charge in [0, 0.05) is 19.2 Å². The van der Waals surface area contributed by atoms with Crippen LogP contribution >= 0.6 is 0 Å². The van der Waals surface area contributed by atoms with Crippen LogP contribution in [0.2, 0.25) is 0 Å². The van der Waals surface area contributed by atoms with Gasteiger partial charge < -0.3 is 20.5 Å². The molecule has 6 heteroatoms. The first kappa shape index (κ1) is 15.1. The van der Waals surface area contributed by atoms with E-state index in [2.05, 4.69) is 10.6 Å². The van der Waals surface area contributed by atoms with Crippen LogP contribution in [0.15, 0.2) is 0 Å². The lowest BCUT2D eigenvalue weighted by Gasteiger charge is -2.22. The fraction of sp³-hybridized carbons (Fsp3) is 0.857. The molecule has 1 aliphatic heterocycles. The van der Waals surface area contributed by atoms with Crippen molar-refractivity contribution in [3.05, 3.63) is 0 Å². The third-order valence-electron chi connectivity index (χ3n) is 4.14. The zero-order valence-electron chi connectivity index (χ0n) is 11.8. The predicted octanol–water partition coefficient (Wildman–Crippen LogP) is 1.50. The third kappa shape index (κ3) is 4.67. The monoisotopic (exact) mass is 284 g/mol. The highest BCUT2D eigenvalue weighted by atomic mass is 16.5. The summed E-state index contributed by atoms with van der Waals surface area (Å²) < 4.78 is 5.60. The van der Waals surface area contributed by atoms with Crippen molar-refractivity contribution in [1.29, 1.82) is 0 Å². The molecule has 0 bridgehead atoms. The number of carbonyl (C=O) groups is 2. The molecule has 2 rings (SSSR count). The van der Waals surface area contributed by atoms with E-state index in [1.54, 1.807) is 0 Å². The number of carbonyl (C=O) groups excluding carboxylic acids is 1. The number of carboxylic acids is 1. The second-order valence-corrected chi connectivity index (χ2v) is 5.72. The molecule has 1 saturated carbocycles. The first-order valence-electron chi connectivity index (χ1n) is 7.54. The molecule has 20 heavy (non-hydrogen) atoms. The molecule has 1 heterocycles. The number of hydrogen-bond donors (Lipinski definition) is 3. The number of aliphatic carboxylic acids is 1. The smallest absolute Gasteiger partial charge is 0.315 e. The summed E-state index contributed by atoms with van der Waals surface area (Å²) in [4.78, 5) is 22.5. The molecule has 6 nitrogen and oxygen atoms in total. The Labute approximate surface area is 119 Å². The normalized spacial score (nSPS) is 29.9. The number of amides is 2. The van der Waals surface area contributed by atoms with Gasteiger partial charge in [0.1, 0.15) is 0 Å². The molecule has 0 aromatic carbocycles. The average molecular weight is 284 g/mol. The highest BCUT2D eigenvalue weighted by molar-refractivity contribution is 5.75. The molecule has 3 atom stereocenters. The van der Waals surface area contributed by atoms with E-state index in [1.165, 1.54) is 6.42 Å². The van der Waals surface area contributed by atoms with Crippen molar-refractivity contribution in [2.75, 3.05) is 13.2 Å². The molecular weight excluding hydrogens is 260 g/mol. The van der Waals surface area contributed by atoms with Crippen LogP contribution in [0.5, 0.6) is 0 Å². The number of ether oxygens (including phenoxy) is 1. The molecule has 1 saturated heterocycles. The molecule has 2 aliphatic rings. The van der Waals surface area contributed by atoms with E-state index in [-0.39, 0.29) is 24.1 Å². The van der Waals surface area contributed by atoms with Crippen molar-refractivity contribution < 1.29 is 19.4 Å². The van der Waals surface area contributed by atoms with Gasteiger partial charge in [-0.1, -0.05) is 0 Å². The highest BCUT2D eigenvalue weighted by Gasteiger charge is 2.30. The Morgan fingerprint density at radius 3 is 2.70 bits per heavy atom. The van der Waals surface area contributed by atoms with Gasteiger partial charge in [0.25, 0.3) is 0 Å². The molecule has 1 aliphatic carbocycles. The molecular formula is C14H24N2O4. The van der Waals surface area contributed by atoms with Gasteiger partial charge in [0.05, 0.1) is 12.0 Å². The summed E-state index contributed by atoms with van der Waals surface area (Å²) in [5, 5.41) is 14.6. The Balaban J connectivity index is 1.57. The number of hydrogen-bond acceptors (Lipinski definition) is 3. The molecule has 3 N–H and O–H groups in total. The van der Waals surface area contributed by atoms with Gasteiger partial charge in [0.15, 0.2) is 0 Å². The molecule has 0 radical (unpaired) electrons. The zero-order valence-corrected chi connectivity index (χ0v) is 11.8. The SMILES string of the molecule is O=C(NCCC1CCCCO1)NC1CCC(C(=O)O)C1. The summed E-state index contributed by atoms with van der Waals surface area (Å²) in [7, 11) is 0. The van der Waals surface area contributed by atoms with Gasteiger partial charge in [-0.25, -0.2) is 4.79 Å². The third-order valence-corrected chi connectivity index (χ3v) is 4.14. The van der Waals surface area contributed by atoms with E-state index in [0.29, 0.717) is 19.4 Å². The van der Waals surface area contributed by atoms with Crippen molar-refractivity contribution in [2.24, 2.45) is 5.92 Å². The lowest BCUT2D eigenvalue weighted by atomic mass is 10.1. The van der Waals surface area contributed by atoms with Crippen LogP contribution in [-0.2, 0) is 9.53 Å². The van der Waals surface area contributed by atoms with Gasteiger partial charge in [-0.3, -0.25) is 4.79 Å². The maximum atomic E-state index is 11.7. The second kappa shape index (κ2) is 7.47. The van der Waals surface area contributed by atoms with E-state index in [1.807, 2.05) is 0 Å². The minimum Gasteiger partial charge on any atom is -0.481 e. The minimum absolute atomic E-state index is 0.0120. The first-order chi connectivity index (χ1) is 9.65. The molecule has 2 amide bonds. The maximum absolute atomic E-state index is 11.7. The molecule has 0 aromatic rings. The highest BCUT2D eigenvalue weighted by Crippen LogP contribution is 2.25. The largest absolute Gasteiger partial charge is 0.481 e. The summed E-state index contributed by atoms with van der Waals surface area (Å²) in [6, 6.07) is -0.209. The molecule has 2 fully saturated rings. The predicted molar refractivity (Wildman–Crippen MR) is 73.5 cm³/mol. The summed E-state index contributed by atoms with van der Waals surface area (Å²) in [6.45, 7) is 1.43. The summed E-state index contributed by atoms with van der Waals surface area (Å²) in [5.74, 6) is -1.07. The van der Waals surface area contributed by atoms with Gasteiger partial charge in [-0.2, -0.15) is 0 Å². The van der Waals surface area contributed by atoms with Crippen LogP contribution in [0.1, 0.15) is 44.9 Å². The number of urea groups is 1. The molecule has 0 spiro atoms. The molecule has 0 aromatic heterocycles. The number of nitrogens with one attached hydrogen (secondary N) is 2. The van der Waals surface area contributed by atoms with Crippen LogP contribution in [0.4, 0.5) is 4.79 Å². The van der Waals surface area contributed by atoms with Crippen LogP contribution < -0.4 is 10.6 Å². The van der Waals surface area contributed by atoms with Crippen molar-refractivity contribution in [3.63, 3.8) is 0 Å². The van der Waals surface area contributed by atoms with E-state index in [4.69, 9.17) is 9.84 Å². The van der Waals surface area contributed by atoms with Gasteiger partial charge in [0.2, 0.25) is 0 Å². The Morgan fingerprint density at radius 2 is 2.05 bits per heavy atom. The molecule has 114 valence electrons. The van der Waals surface area contributed by atoms with E-state index in [9.17, 15) is 9.59 Å². The van der Waals surface area contributed by atoms with Crippen LogP contribution in [0, 0.1) is 5.92 Å². The Kier molecular flexibility index (Phi) is 5.64. The van der Waals surface area contributed by atoms with E-state index in [0.717, 1.165) is 32.3 Å². The summed E-state index contributed by atoms with van der Waals surface area (Å²) in [6.07, 6.45) is 6.46. The van der Waals surface area contributed by atoms with Crippen molar-refractivity contribution in [3.8, 4) is 0 Å². The molecule has 3 unspecified atom stereocenters. The summed E-state index contributed by atoms with van der Waals surface area (Å²) >= 11 is 0. The number of rotatable bonds is 5. The van der Waals surface area contributed by atoms with Crippen molar-refractivity contribution in [2.45, 2.75) is 57.1 Å². The zero-order chi connectivity index (χ0) is 14.4. The Morgan fingerprint density at radius 1 is 1.20 bits per heavy atom. The lowest BCUT2D eigenvalue weighted by molar-refractivity contribution is -0.141. The van der Waals surface area contributed by atoms with Crippen LogP contribution in [0.25, 0.3) is 0 Å². The van der Waals surface area contributed by atoms with Gasteiger partial charge in [-0.15, -0.1) is 0 Å². The van der Waals surface area contributed by atoms with Crippen LogP contribution in [-0.4, -0.2) is 42.4 Å². The second-order valence-electron chi connectivity index (χ2n) is 5.72. The number of carboxylic acid groups (broad SMARTS) is 1. The Hall–Kier alpha value is -1.30. The maximum Gasteiger partial charge on any atom is 0.315 e. The van der Waals surface area contributed by atoms with E-state index < -0.39 is 5.97 Å². The van der Waals surface area contributed by atoms with Gasteiger partial charge in [-0.05, 0) is 44.9 Å². The van der Waals surface area contributed by atoms with Crippen molar-refractivity contribution in [1.82, 2.24) is 10.6 Å². The fourth-order valence-corrected chi connectivity index (χ4v) is 2.96. The fourth-order valence-electron chi connectivity index (χ4n) is 2.96. The topological polar surface area (TPSA) is 87.7 Å². The first-order valence-corrected chi connectivity index (χ1v) is 7.54. The van der Waals surface area contributed by atoms with Gasteiger partial charge >= 0.3 is 12.0 Å². The Bertz CT molecular complexity index is 342. The minimum atomic E-state index is -0.760. The average Bonchev–Trinajstić information content (AvgIpc) is 2.88. The van der Waals surface area contributed by atoms with E-state index >= 15 is 0 Å².